The van der Waals surface area contributed by atoms with Crippen molar-refractivity contribution in [2.45, 2.75) is 58.4 Å². The summed E-state index contributed by atoms with van der Waals surface area (Å²) in [6.45, 7) is 3.59. The molecule has 0 atom stereocenters. The van der Waals surface area contributed by atoms with Gasteiger partial charge in [0.25, 0.3) is 5.91 Å². The Morgan fingerprint density at radius 2 is 1.77 bits per heavy atom. The quantitative estimate of drug-likeness (QED) is 0.462. The third kappa shape index (κ3) is 5.05. The largest absolute Gasteiger partial charge is 0.484 e. The van der Waals surface area contributed by atoms with Crippen LogP contribution in [0.5, 0.6) is 5.75 Å². The van der Waals surface area contributed by atoms with Gasteiger partial charge in [-0.25, -0.2) is 5.43 Å². The summed E-state index contributed by atoms with van der Waals surface area (Å²) >= 11 is 3.43. The number of hydrogen-bond donors (Lipinski definition) is 2. The van der Waals surface area contributed by atoms with Crippen LogP contribution in [0, 0.1) is 30.6 Å². The first-order chi connectivity index (χ1) is 14.4. The number of carbonyl (C=O) groups excluding carboxylic acids is 2. The smallest absolute Gasteiger partial charge is 0.277 e. The van der Waals surface area contributed by atoms with E-state index in [0.717, 1.165) is 21.9 Å². The lowest BCUT2D eigenvalue weighted by atomic mass is 9.54. The molecule has 1 aromatic rings. The summed E-state index contributed by atoms with van der Waals surface area (Å²) in [5.74, 6) is 3.37. The van der Waals surface area contributed by atoms with E-state index in [9.17, 15) is 9.59 Å². The lowest BCUT2D eigenvalue weighted by molar-refractivity contribution is -0.124. The van der Waals surface area contributed by atoms with Crippen LogP contribution in [0.1, 0.15) is 51.0 Å². The van der Waals surface area contributed by atoms with Crippen molar-refractivity contribution in [2.24, 2.45) is 28.8 Å². The van der Waals surface area contributed by atoms with E-state index in [-0.39, 0.29) is 24.8 Å². The molecule has 6 nitrogen and oxygen atoms in total. The fourth-order valence-electron chi connectivity index (χ4n) is 5.72. The maximum Gasteiger partial charge on any atom is 0.277 e. The molecule has 0 radical (unpaired) electrons. The van der Waals surface area contributed by atoms with Crippen LogP contribution in [0.25, 0.3) is 0 Å². The van der Waals surface area contributed by atoms with E-state index in [1.54, 1.807) is 13.0 Å². The molecular formula is C23H30BrN3O3. The Labute approximate surface area is 186 Å². The summed E-state index contributed by atoms with van der Waals surface area (Å²) in [6.07, 6.45) is 6.72. The van der Waals surface area contributed by atoms with Crippen molar-refractivity contribution in [3.63, 3.8) is 0 Å². The van der Waals surface area contributed by atoms with Crippen LogP contribution in [-0.2, 0) is 9.59 Å². The topological polar surface area (TPSA) is 79.8 Å². The van der Waals surface area contributed by atoms with E-state index in [1.807, 2.05) is 19.1 Å². The van der Waals surface area contributed by atoms with Gasteiger partial charge in [0.1, 0.15) is 5.75 Å². The lowest BCUT2D eigenvalue weighted by Gasteiger charge is -2.54. The average Bonchev–Trinajstić information content (AvgIpc) is 2.69. The predicted octanol–water partition coefficient (Wildman–Crippen LogP) is 3.96. The van der Waals surface area contributed by atoms with Crippen LogP contribution in [0.3, 0.4) is 0 Å². The van der Waals surface area contributed by atoms with Gasteiger partial charge in [0, 0.05) is 16.2 Å². The minimum Gasteiger partial charge on any atom is -0.484 e. The molecule has 0 unspecified atom stereocenters. The molecule has 2 N–H and O–H groups in total. The highest BCUT2D eigenvalue weighted by Gasteiger charge is 2.48. The normalized spacial score (nSPS) is 29.6. The first kappa shape index (κ1) is 21.3. The summed E-state index contributed by atoms with van der Waals surface area (Å²) < 4.78 is 6.48. The second kappa shape index (κ2) is 9.08. The van der Waals surface area contributed by atoms with E-state index < -0.39 is 0 Å². The molecule has 30 heavy (non-hydrogen) atoms. The number of amides is 2. The number of aryl methyl sites for hydroxylation is 1. The van der Waals surface area contributed by atoms with Gasteiger partial charge in [-0.2, -0.15) is 5.10 Å². The fraction of sp³-hybridized carbons (Fsp3) is 0.609. The van der Waals surface area contributed by atoms with Crippen molar-refractivity contribution < 1.29 is 14.3 Å². The molecule has 4 saturated carbocycles. The van der Waals surface area contributed by atoms with E-state index in [1.165, 1.54) is 32.1 Å². The Bertz CT molecular complexity index is 826. The van der Waals surface area contributed by atoms with Crippen LogP contribution in [0.4, 0.5) is 0 Å². The van der Waals surface area contributed by atoms with Crippen molar-refractivity contribution in [2.75, 3.05) is 6.61 Å². The molecule has 0 aromatic heterocycles. The molecule has 0 saturated heterocycles. The Morgan fingerprint density at radius 1 is 1.10 bits per heavy atom. The van der Waals surface area contributed by atoms with Crippen LogP contribution < -0.4 is 15.5 Å². The number of hydrazone groups is 1. The molecule has 4 aliphatic rings. The molecule has 5 rings (SSSR count). The molecular weight excluding hydrogens is 446 g/mol. The minimum absolute atomic E-state index is 0.00422. The van der Waals surface area contributed by atoms with Gasteiger partial charge in [0.15, 0.2) is 6.61 Å². The molecule has 4 aliphatic carbocycles. The molecule has 1 aromatic carbocycles. The number of ether oxygens (including phenoxy) is 1. The highest BCUT2D eigenvalue weighted by Crippen LogP contribution is 2.53. The molecule has 7 heteroatoms. The van der Waals surface area contributed by atoms with Crippen molar-refractivity contribution in [1.82, 2.24) is 10.7 Å². The zero-order valence-corrected chi connectivity index (χ0v) is 19.2. The van der Waals surface area contributed by atoms with Gasteiger partial charge in [-0.1, -0.05) is 15.9 Å². The van der Waals surface area contributed by atoms with E-state index in [2.05, 4.69) is 31.8 Å². The van der Waals surface area contributed by atoms with Crippen LogP contribution >= 0.6 is 15.9 Å². The highest BCUT2D eigenvalue weighted by molar-refractivity contribution is 9.10. The molecule has 0 spiro atoms. The number of nitrogens with zero attached hydrogens (tertiary/aromatic N) is 1. The second-order valence-electron chi connectivity index (χ2n) is 9.28. The average molecular weight is 476 g/mol. The first-order valence-corrected chi connectivity index (χ1v) is 11.7. The summed E-state index contributed by atoms with van der Waals surface area (Å²) in [6, 6.07) is 5.87. The zero-order chi connectivity index (χ0) is 21.3. The number of nitrogens with one attached hydrogen (secondary N) is 2. The third-order valence-electron chi connectivity index (χ3n) is 6.84. The Morgan fingerprint density at radius 3 is 2.40 bits per heavy atom. The summed E-state index contributed by atoms with van der Waals surface area (Å²) in [5.41, 5.74) is 4.10. The van der Waals surface area contributed by atoms with Gasteiger partial charge in [0.05, 0.1) is 6.42 Å². The van der Waals surface area contributed by atoms with E-state index >= 15 is 0 Å². The summed E-state index contributed by atoms with van der Waals surface area (Å²) in [4.78, 5) is 24.5. The maximum absolute atomic E-state index is 12.5. The van der Waals surface area contributed by atoms with Crippen molar-refractivity contribution in [3.05, 3.63) is 28.2 Å². The Balaban J connectivity index is 1.20. The maximum atomic E-state index is 12.5. The van der Waals surface area contributed by atoms with Gasteiger partial charge in [-0.3, -0.25) is 9.59 Å². The molecule has 4 bridgehead atoms. The summed E-state index contributed by atoms with van der Waals surface area (Å²) in [7, 11) is 0. The number of hydrogen-bond acceptors (Lipinski definition) is 4. The second-order valence-corrected chi connectivity index (χ2v) is 10.1. The predicted molar refractivity (Wildman–Crippen MR) is 119 cm³/mol. The van der Waals surface area contributed by atoms with Crippen LogP contribution in [-0.4, -0.2) is 30.2 Å². The summed E-state index contributed by atoms with van der Waals surface area (Å²) in [5, 5.41) is 7.34. The standard InChI is InChI=1S/C23H30BrN3O3/c1-13-5-19(3-4-20(13)24)30-12-22(29)27-26-14(2)6-21(28)25-23-17-8-15-7-16(10-17)11-18(23)9-15/h3-5,15-18,23H,6-12H2,1-2H3,(H,25,28)(H,27,29). The molecule has 162 valence electrons. The van der Waals surface area contributed by atoms with Gasteiger partial charge in [0.2, 0.25) is 5.91 Å². The monoisotopic (exact) mass is 475 g/mol. The van der Waals surface area contributed by atoms with E-state index in [0.29, 0.717) is 29.3 Å². The SMILES string of the molecule is CC(CC(=O)NC1C2CC3CC(C2)CC1C3)=NNC(=O)COc1ccc(Br)c(C)c1. The first-order valence-electron chi connectivity index (χ1n) is 10.9. The van der Waals surface area contributed by atoms with Gasteiger partial charge in [-0.15, -0.1) is 0 Å². The van der Waals surface area contributed by atoms with Crippen LogP contribution in [0.2, 0.25) is 0 Å². The Kier molecular flexibility index (Phi) is 6.46. The molecule has 4 fully saturated rings. The van der Waals surface area contributed by atoms with Crippen molar-refractivity contribution >= 4 is 33.5 Å². The minimum atomic E-state index is -0.351. The number of benzene rings is 1. The number of halogens is 1. The van der Waals surface area contributed by atoms with Crippen LogP contribution in [0.15, 0.2) is 27.8 Å². The van der Waals surface area contributed by atoms with Crippen molar-refractivity contribution in [1.29, 1.82) is 0 Å². The van der Waals surface area contributed by atoms with Crippen molar-refractivity contribution in [3.8, 4) is 5.75 Å². The van der Waals surface area contributed by atoms with Gasteiger partial charge < -0.3 is 10.1 Å². The Hall–Kier alpha value is -1.89. The fourth-order valence-corrected chi connectivity index (χ4v) is 5.96. The molecule has 0 aliphatic heterocycles. The van der Waals surface area contributed by atoms with Gasteiger partial charge in [-0.05, 0) is 93.4 Å². The number of rotatable bonds is 7. The lowest BCUT2D eigenvalue weighted by Crippen LogP contribution is -2.56. The van der Waals surface area contributed by atoms with Gasteiger partial charge >= 0.3 is 0 Å². The van der Waals surface area contributed by atoms with E-state index in [4.69, 9.17) is 4.74 Å². The third-order valence-corrected chi connectivity index (χ3v) is 7.73. The highest BCUT2D eigenvalue weighted by atomic mass is 79.9. The zero-order valence-electron chi connectivity index (χ0n) is 17.6. The number of carbonyl (C=O) groups is 2. The molecule has 2 amide bonds. The molecule has 0 heterocycles.